The largest absolute Gasteiger partial charge is 0.385 e. The minimum absolute atomic E-state index is 0. The maximum Gasteiger partial charge on any atom is 0.0433 e. The fourth-order valence-electron chi connectivity index (χ4n) is 0. The number of ether oxygens (including phenoxy) is 1. The zero-order chi connectivity index (χ0) is 7.91. The predicted octanol–water partition coefficient (Wildman–Crippen LogP) is 3.98. The average molecular weight is 164 g/mol. The molecule has 0 amide bonds. The third kappa shape index (κ3) is 685. The van der Waals surface area contributed by atoms with Gasteiger partial charge in [-0.2, -0.15) is 0 Å². The van der Waals surface area contributed by atoms with Crippen molar-refractivity contribution in [2.24, 2.45) is 5.41 Å². The van der Waals surface area contributed by atoms with Crippen LogP contribution in [0.3, 0.4) is 0 Å². The smallest absolute Gasteiger partial charge is 0.0433 e. The Morgan fingerprint density at radius 1 is 1.00 bits per heavy atom. The van der Waals surface area contributed by atoms with E-state index in [1.54, 1.807) is 7.11 Å². The Bertz CT molecular complexity index is 35.3. The summed E-state index contributed by atoms with van der Waals surface area (Å²) >= 11 is 0. The number of hydrogen-bond donors (Lipinski definition) is 0. The lowest BCUT2D eigenvalue weighted by Gasteiger charge is -2.05. The molecule has 0 aromatic carbocycles. The molecule has 1 nitrogen and oxygen atoms in total. The lowest BCUT2D eigenvalue weighted by Crippen LogP contribution is -1.93. The molecule has 0 aliphatic rings. The Morgan fingerprint density at radius 3 is 1.09 bits per heavy atom. The van der Waals surface area contributed by atoms with Crippen LogP contribution in [-0.4, -0.2) is 13.7 Å². The first-order valence-corrected chi connectivity index (χ1v) is 3.40. The van der Waals surface area contributed by atoms with Crippen LogP contribution in [0, 0.1) is 5.41 Å². The van der Waals surface area contributed by atoms with Crippen molar-refractivity contribution in [1.82, 2.24) is 0 Å². The molecule has 0 saturated carbocycles. The van der Waals surface area contributed by atoms with Crippen LogP contribution in [0.2, 0.25) is 0 Å². The summed E-state index contributed by atoms with van der Waals surface area (Å²) in [7, 11) is 1.68. The molecule has 0 atom stereocenters. The van der Waals surface area contributed by atoms with Gasteiger partial charge < -0.3 is 4.74 Å². The lowest BCUT2D eigenvalue weighted by molar-refractivity contribution is 0.215. The predicted molar refractivity (Wildman–Crippen MR) is 56.1 cm³/mol. The standard InChI is InChI=1S/C5H12.C3H8O.2CH4/c1-5(2,3)4;1-3-4-2;;/h1-4H3;3H2,1-2H3;2*1H4. The second-order valence-corrected chi connectivity index (χ2v) is 3.58. The maximum atomic E-state index is 4.54. The summed E-state index contributed by atoms with van der Waals surface area (Å²) in [6, 6.07) is 0. The van der Waals surface area contributed by atoms with Crippen LogP contribution >= 0.6 is 0 Å². The van der Waals surface area contributed by atoms with Gasteiger partial charge in [-0.05, 0) is 12.3 Å². The summed E-state index contributed by atoms with van der Waals surface area (Å²) in [5, 5.41) is 0. The molecule has 0 rings (SSSR count). The number of methoxy groups -OCH3 is 1. The van der Waals surface area contributed by atoms with Gasteiger partial charge >= 0.3 is 0 Å². The summed E-state index contributed by atoms with van der Waals surface area (Å²) in [5.41, 5.74) is 0.500. The number of hydrogen-bond acceptors (Lipinski definition) is 1. The molecule has 0 fully saturated rings. The van der Waals surface area contributed by atoms with E-state index in [0.29, 0.717) is 5.41 Å². The summed E-state index contributed by atoms with van der Waals surface area (Å²) < 4.78 is 4.54. The summed E-state index contributed by atoms with van der Waals surface area (Å²) in [6.45, 7) is 11.5. The first-order valence-electron chi connectivity index (χ1n) is 3.40. The van der Waals surface area contributed by atoms with Crippen molar-refractivity contribution in [3.8, 4) is 0 Å². The molecular formula is C10H28O. The highest BCUT2D eigenvalue weighted by Gasteiger charge is 1.95. The van der Waals surface area contributed by atoms with E-state index in [1.165, 1.54) is 0 Å². The Morgan fingerprint density at radius 2 is 1.09 bits per heavy atom. The van der Waals surface area contributed by atoms with Gasteiger partial charge in [-0.3, -0.25) is 0 Å². The minimum atomic E-state index is 0. The van der Waals surface area contributed by atoms with Crippen molar-refractivity contribution in [2.45, 2.75) is 49.5 Å². The molecule has 0 bridgehead atoms. The molecule has 0 heterocycles. The summed E-state index contributed by atoms with van der Waals surface area (Å²) in [4.78, 5) is 0. The molecule has 11 heavy (non-hydrogen) atoms. The third-order valence-corrected chi connectivity index (χ3v) is 0.289. The monoisotopic (exact) mass is 164 g/mol. The second kappa shape index (κ2) is 12.6. The lowest BCUT2D eigenvalue weighted by atomic mass is 10.0. The van der Waals surface area contributed by atoms with Crippen molar-refractivity contribution in [3.05, 3.63) is 0 Å². The zero-order valence-electron chi connectivity index (χ0n) is 7.62. The quantitative estimate of drug-likeness (QED) is 0.569. The maximum absolute atomic E-state index is 4.54. The fraction of sp³-hybridized carbons (Fsp3) is 1.00. The average Bonchev–Trinajstić information content (AvgIpc) is 1.61. The van der Waals surface area contributed by atoms with E-state index in [2.05, 4.69) is 32.4 Å². The van der Waals surface area contributed by atoms with Crippen molar-refractivity contribution >= 4 is 0 Å². The van der Waals surface area contributed by atoms with Gasteiger partial charge in [0.2, 0.25) is 0 Å². The molecule has 0 spiro atoms. The first-order chi connectivity index (χ1) is 3.91. The van der Waals surface area contributed by atoms with E-state index in [9.17, 15) is 0 Å². The van der Waals surface area contributed by atoms with Gasteiger partial charge in [-0.1, -0.05) is 42.5 Å². The van der Waals surface area contributed by atoms with Crippen LogP contribution in [0.4, 0.5) is 0 Å². The van der Waals surface area contributed by atoms with Gasteiger partial charge in [-0.15, -0.1) is 0 Å². The van der Waals surface area contributed by atoms with Gasteiger partial charge in [0.15, 0.2) is 0 Å². The molecule has 0 radical (unpaired) electrons. The van der Waals surface area contributed by atoms with Crippen LogP contribution in [0.1, 0.15) is 49.5 Å². The second-order valence-electron chi connectivity index (χ2n) is 3.58. The molecule has 74 valence electrons. The Kier molecular flexibility index (Phi) is 25.7. The van der Waals surface area contributed by atoms with Crippen molar-refractivity contribution in [1.29, 1.82) is 0 Å². The van der Waals surface area contributed by atoms with Crippen LogP contribution in [0.15, 0.2) is 0 Å². The normalized spacial score (nSPS) is 8.18. The number of rotatable bonds is 1. The molecule has 1 heteroatoms. The molecular weight excluding hydrogens is 136 g/mol. The molecule has 0 aromatic heterocycles. The Hall–Kier alpha value is -0.0400. The molecule has 0 aliphatic heterocycles. The minimum Gasteiger partial charge on any atom is -0.385 e. The van der Waals surface area contributed by atoms with E-state index in [0.717, 1.165) is 6.61 Å². The van der Waals surface area contributed by atoms with Gasteiger partial charge in [0.1, 0.15) is 0 Å². The highest BCUT2D eigenvalue weighted by atomic mass is 16.5. The van der Waals surface area contributed by atoms with E-state index >= 15 is 0 Å². The van der Waals surface area contributed by atoms with Crippen LogP contribution < -0.4 is 0 Å². The van der Waals surface area contributed by atoms with Crippen LogP contribution in [0.5, 0.6) is 0 Å². The van der Waals surface area contributed by atoms with Crippen molar-refractivity contribution < 1.29 is 4.74 Å². The zero-order valence-corrected chi connectivity index (χ0v) is 7.62. The van der Waals surface area contributed by atoms with Gasteiger partial charge in [0.25, 0.3) is 0 Å². The highest BCUT2D eigenvalue weighted by molar-refractivity contribution is 4.47. The van der Waals surface area contributed by atoms with E-state index in [1.807, 2.05) is 6.92 Å². The van der Waals surface area contributed by atoms with Crippen LogP contribution in [0.25, 0.3) is 0 Å². The summed E-state index contributed by atoms with van der Waals surface area (Å²) in [5.74, 6) is 0. The molecule has 0 N–H and O–H groups in total. The molecule has 0 aromatic rings. The van der Waals surface area contributed by atoms with Gasteiger partial charge in [-0.25, -0.2) is 0 Å². The highest BCUT2D eigenvalue weighted by Crippen LogP contribution is 2.07. The van der Waals surface area contributed by atoms with Gasteiger partial charge in [0, 0.05) is 13.7 Å². The first kappa shape index (κ1) is 22.4. The molecule has 0 unspecified atom stereocenters. The Labute approximate surface area is 74.2 Å². The SMILES string of the molecule is C.C.CC(C)(C)C.CCOC. The Balaban J connectivity index is -0.0000000383. The van der Waals surface area contributed by atoms with E-state index in [-0.39, 0.29) is 14.9 Å². The van der Waals surface area contributed by atoms with Crippen LogP contribution in [-0.2, 0) is 4.74 Å². The van der Waals surface area contributed by atoms with Crippen molar-refractivity contribution in [2.75, 3.05) is 13.7 Å². The van der Waals surface area contributed by atoms with E-state index in [4.69, 9.17) is 0 Å². The third-order valence-electron chi connectivity index (χ3n) is 0.289. The van der Waals surface area contributed by atoms with E-state index < -0.39 is 0 Å². The molecule has 0 saturated heterocycles. The topological polar surface area (TPSA) is 9.23 Å². The fourth-order valence-corrected chi connectivity index (χ4v) is 0. The summed E-state index contributed by atoms with van der Waals surface area (Å²) in [6.07, 6.45) is 0. The van der Waals surface area contributed by atoms with Gasteiger partial charge in [0.05, 0.1) is 0 Å². The molecule has 0 aliphatic carbocycles. The van der Waals surface area contributed by atoms with Crippen molar-refractivity contribution in [3.63, 3.8) is 0 Å².